The van der Waals surface area contributed by atoms with Gasteiger partial charge in [0.1, 0.15) is 28.7 Å². The van der Waals surface area contributed by atoms with E-state index in [1.807, 2.05) is 0 Å². The number of fused-ring (bicyclic) bond motifs is 2. The maximum absolute atomic E-state index is 15.1. The van der Waals surface area contributed by atoms with Crippen molar-refractivity contribution in [3.63, 3.8) is 0 Å². The molecule has 3 N–H and O–H groups in total. The molecule has 262 valence electrons. The SMILES string of the molecule is Cc1nc2c(Cl)c(-c3cccn4c(C(=O)c5cc(F)c(NC(=O)/C=C/CNC6(CO)CCOCC6)c(F)c5)ccc34)c(C(F)(F)F)cc2n1C. The quantitative estimate of drug-likeness (QED) is 0.0901. The number of rotatable bonds is 9. The second kappa shape index (κ2) is 13.6. The van der Waals surface area contributed by atoms with Gasteiger partial charge in [0.05, 0.1) is 33.9 Å². The van der Waals surface area contributed by atoms with Gasteiger partial charge in [-0.1, -0.05) is 23.7 Å². The molecule has 0 saturated carbocycles. The molecule has 15 heteroatoms. The number of imidazole rings is 1. The zero-order chi connectivity index (χ0) is 36.0. The van der Waals surface area contributed by atoms with E-state index in [4.69, 9.17) is 16.3 Å². The standard InChI is InChI=1S/C35H31ClF5N5O4/c1-19-43-32-27(45(19)2)17-22(35(39,40)41)29(30(32)36)21-5-4-12-46-25(21)7-8-26(46)33(49)20-15-23(37)31(24(38)16-20)44-28(48)6-3-11-42-34(18-47)9-13-50-14-10-34/h3-8,12,15-17,42,47H,9-11,13-14,18H2,1-2H3,(H,44,48)/b6-3+. The summed E-state index contributed by atoms with van der Waals surface area (Å²) < 4.78 is 81.7. The lowest BCUT2D eigenvalue weighted by molar-refractivity contribution is -0.137. The lowest BCUT2D eigenvalue weighted by Crippen LogP contribution is -2.52. The van der Waals surface area contributed by atoms with Crippen molar-refractivity contribution in [3.8, 4) is 11.1 Å². The molecule has 5 aromatic rings. The maximum Gasteiger partial charge on any atom is 0.417 e. The van der Waals surface area contributed by atoms with Gasteiger partial charge in [0.2, 0.25) is 11.7 Å². The van der Waals surface area contributed by atoms with Crippen LogP contribution in [0.2, 0.25) is 5.02 Å². The van der Waals surface area contributed by atoms with Crippen LogP contribution in [0.3, 0.4) is 0 Å². The Balaban J connectivity index is 1.26. The molecule has 0 aliphatic carbocycles. The Bertz CT molecular complexity index is 2150. The summed E-state index contributed by atoms with van der Waals surface area (Å²) in [4.78, 5) is 30.3. The Labute approximate surface area is 287 Å². The minimum atomic E-state index is -4.80. The number of nitrogens with one attached hydrogen (secondary N) is 2. The predicted octanol–water partition coefficient (Wildman–Crippen LogP) is 6.61. The van der Waals surface area contributed by atoms with E-state index in [1.54, 1.807) is 14.0 Å². The number of aliphatic hydroxyl groups is 1. The monoisotopic (exact) mass is 715 g/mol. The second-order valence-corrected chi connectivity index (χ2v) is 12.4. The van der Waals surface area contributed by atoms with Crippen LogP contribution in [0.15, 0.2) is 60.8 Å². The van der Waals surface area contributed by atoms with Gasteiger partial charge in [-0.05, 0) is 56.2 Å². The first-order valence-electron chi connectivity index (χ1n) is 15.5. The average Bonchev–Trinajstić information content (AvgIpc) is 3.65. The number of carbonyl (C=O) groups is 2. The highest BCUT2D eigenvalue weighted by atomic mass is 35.5. The van der Waals surface area contributed by atoms with Crippen molar-refractivity contribution in [3.05, 3.63) is 100 Å². The van der Waals surface area contributed by atoms with Crippen LogP contribution in [-0.2, 0) is 22.8 Å². The van der Waals surface area contributed by atoms with E-state index in [1.165, 1.54) is 45.5 Å². The lowest BCUT2D eigenvalue weighted by Gasteiger charge is -2.36. The van der Waals surface area contributed by atoms with Gasteiger partial charge in [-0.3, -0.25) is 9.59 Å². The molecule has 0 spiro atoms. The first-order valence-corrected chi connectivity index (χ1v) is 15.9. The second-order valence-electron chi connectivity index (χ2n) is 12.1. The van der Waals surface area contributed by atoms with Crippen molar-refractivity contribution in [2.45, 2.75) is 31.5 Å². The summed E-state index contributed by atoms with van der Waals surface area (Å²) in [7, 11) is 1.58. The third-order valence-corrected chi connectivity index (χ3v) is 9.38. The van der Waals surface area contributed by atoms with Crippen molar-refractivity contribution in [1.82, 2.24) is 19.3 Å². The smallest absolute Gasteiger partial charge is 0.394 e. The summed E-state index contributed by atoms with van der Waals surface area (Å²) in [6.45, 7) is 2.70. The maximum atomic E-state index is 15.1. The number of halogens is 6. The molecule has 0 unspecified atom stereocenters. The van der Waals surface area contributed by atoms with Gasteiger partial charge in [-0.2, -0.15) is 13.2 Å². The normalized spacial score (nSPS) is 15.0. The molecule has 0 atom stereocenters. The van der Waals surface area contributed by atoms with E-state index >= 15 is 8.78 Å². The van der Waals surface area contributed by atoms with Crippen LogP contribution in [0.1, 0.15) is 40.3 Å². The number of aromatic nitrogens is 3. The molecule has 6 rings (SSSR count). The van der Waals surface area contributed by atoms with Crippen LogP contribution in [0.5, 0.6) is 0 Å². The van der Waals surface area contributed by atoms with E-state index in [0.717, 1.165) is 24.3 Å². The molecule has 3 aromatic heterocycles. The van der Waals surface area contributed by atoms with Crippen LogP contribution in [0.4, 0.5) is 27.6 Å². The van der Waals surface area contributed by atoms with E-state index in [0.29, 0.717) is 31.9 Å². The molecular formula is C35H31ClF5N5O4. The number of hydrogen-bond acceptors (Lipinski definition) is 6. The summed E-state index contributed by atoms with van der Waals surface area (Å²) in [6.07, 6.45) is 0.339. The molecule has 9 nitrogen and oxygen atoms in total. The van der Waals surface area contributed by atoms with E-state index in [-0.39, 0.29) is 51.5 Å². The number of nitrogens with zero attached hydrogens (tertiary/aromatic N) is 3. The van der Waals surface area contributed by atoms with Crippen molar-refractivity contribution in [2.24, 2.45) is 7.05 Å². The number of benzene rings is 2. The minimum absolute atomic E-state index is 0.0621. The molecule has 4 heterocycles. The fourth-order valence-corrected chi connectivity index (χ4v) is 6.50. The fourth-order valence-electron chi connectivity index (χ4n) is 6.15. The number of aliphatic hydroxyl groups excluding tert-OH is 1. The van der Waals surface area contributed by atoms with Gasteiger partial charge in [0, 0.05) is 61.3 Å². The van der Waals surface area contributed by atoms with Crippen molar-refractivity contribution >= 4 is 45.5 Å². The molecule has 1 aliphatic heterocycles. The zero-order valence-corrected chi connectivity index (χ0v) is 27.6. The molecule has 0 radical (unpaired) electrons. The van der Waals surface area contributed by atoms with Crippen molar-refractivity contribution < 1.29 is 41.4 Å². The number of anilines is 1. The number of hydrogen-bond donors (Lipinski definition) is 3. The molecule has 50 heavy (non-hydrogen) atoms. The Morgan fingerprint density at radius 1 is 1.10 bits per heavy atom. The molecule has 1 fully saturated rings. The number of alkyl halides is 3. The van der Waals surface area contributed by atoms with Gasteiger partial charge in [0.15, 0.2) is 0 Å². The predicted molar refractivity (Wildman–Crippen MR) is 177 cm³/mol. The van der Waals surface area contributed by atoms with Gasteiger partial charge >= 0.3 is 6.18 Å². The number of amides is 1. The molecule has 1 saturated heterocycles. The fraction of sp³-hybridized carbons (Fsp3) is 0.286. The topological polar surface area (TPSA) is 110 Å². The van der Waals surface area contributed by atoms with Crippen LogP contribution < -0.4 is 10.6 Å². The Morgan fingerprint density at radius 2 is 1.80 bits per heavy atom. The highest BCUT2D eigenvalue weighted by Gasteiger charge is 2.37. The third-order valence-electron chi connectivity index (χ3n) is 9.01. The van der Waals surface area contributed by atoms with Gasteiger partial charge in [0.25, 0.3) is 0 Å². The summed E-state index contributed by atoms with van der Waals surface area (Å²) in [6, 6.07) is 8.12. The highest BCUT2D eigenvalue weighted by molar-refractivity contribution is 6.38. The first-order chi connectivity index (χ1) is 23.7. The van der Waals surface area contributed by atoms with Crippen molar-refractivity contribution in [2.75, 3.05) is 31.7 Å². The number of ketones is 1. The van der Waals surface area contributed by atoms with Crippen LogP contribution >= 0.6 is 11.6 Å². The molecule has 2 aromatic carbocycles. The Kier molecular flexibility index (Phi) is 9.57. The molecule has 1 amide bonds. The third kappa shape index (κ3) is 6.51. The Morgan fingerprint density at radius 3 is 2.46 bits per heavy atom. The Hall–Kier alpha value is -4.63. The van der Waals surface area contributed by atoms with Gasteiger partial charge in [-0.25, -0.2) is 13.8 Å². The van der Waals surface area contributed by atoms with E-state index in [2.05, 4.69) is 15.6 Å². The van der Waals surface area contributed by atoms with Crippen LogP contribution in [0, 0.1) is 18.6 Å². The van der Waals surface area contributed by atoms with E-state index < -0.39 is 51.9 Å². The summed E-state index contributed by atoms with van der Waals surface area (Å²) in [5.41, 5.74) is -2.50. The number of aryl methyl sites for hydroxylation is 2. The van der Waals surface area contributed by atoms with Crippen LogP contribution in [-0.4, -0.2) is 62.7 Å². The largest absolute Gasteiger partial charge is 0.417 e. The highest BCUT2D eigenvalue weighted by Crippen LogP contribution is 2.45. The van der Waals surface area contributed by atoms with Gasteiger partial charge < -0.3 is 29.4 Å². The van der Waals surface area contributed by atoms with Gasteiger partial charge in [-0.15, -0.1) is 0 Å². The lowest BCUT2D eigenvalue weighted by atomic mass is 9.91. The van der Waals surface area contributed by atoms with Crippen molar-refractivity contribution in [1.29, 1.82) is 0 Å². The minimum Gasteiger partial charge on any atom is -0.394 e. The molecular weight excluding hydrogens is 685 g/mol. The first kappa shape index (κ1) is 35.2. The summed E-state index contributed by atoms with van der Waals surface area (Å²) in [5.74, 6) is -3.62. The summed E-state index contributed by atoms with van der Waals surface area (Å²) >= 11 is 6.62. The molecule has 0 bridgehead atoms. The summed E-state index contributed by atoms with van der Waals surface area (Å²) in [5, 5.41) is 14.8. The number of pyridine rings is 1. The number of ether oxygens (including phenoxy) is 1. The van der Waals surface area contributed by atoms with Crippen LogP contribution in [0.25, 0.3) is 27.7 Å². The molecule has 1 aliphatic rings. The average molecular weight is 716 g/mol. The van der Waals surface area contributed by atoms with E-state index in [9.17, 15) is 27.9 Å². The number of carbonyl (C=O) groups excluding carboxylic acids is 2. The zero-order valence-electron chi connectivity index (χ0n) is 26.8.